The van der Waals surface area contributed by atoms with E-state index in [1.807, 2.05) is 99.7 Å². The molecule has 4 heterocycles. The highest BCUT2D eigenvalue weighted by Crippen LogP contribution is 2.35. The minimum Gasteiger partial charge on any atom is -0.268 e. The molecule has 0 saturated heterocycles. The van der Waals surface area contributed by atoms with Gasteiger partial charge in [-0.15, -0.1) is 0 Å². The van der Waals surface area contributed by atoms with Crippen molar-refractivity contribution in [1.82, 2.24) is 18.8 Å². The van der Waals surface area contributed by atoms with Gasteiger partial charge in [-0.3, -0.25) is 18.4 Å². The molecule has 6 heteroatoms. The average molecular weight is 533 g/mol. The lowest BCUT2D eigenvalue weighted by molar-refractivity contribution is 1.04. The summed E-state index contributed by atoms with van der Waals surface area (Å²) in [5.41, 5.74) is 4.15. The molecular weight excluding hydrogens is 508 g/mol. The van der Waals surface area contributed by atoms with E-state index < -0.39 is 0 Å². The largest absolute Gasteiger partial charge is 0.268 e. The van der Waals surface area contributed by atoms with Crippen LogP contribution >= 0.6 is 0 Å². The minimum absolute atomic E-state index is 0.153. The molecule has 0 N–H and O–H groups in total. The number of allylic oxidation sites excluding steroid dienone is 1. The zero-order chi connectivity index (χ0) is 28.2. The Morgan fingerprint density at radius 3 is 2.02 bits per heavy atom. The second-order valence-electron chi connectivity index (χ2n) is 10.5. The van der Waals surface area contributed by atoms with Gasteiger partial charge in [-0.25, -0.2) is 9.97 Å². The molecule has 8 aromatic rings. The summed E-state index contributed by atoms with van der Waals surface area (Å²) in [5.74, 6) is 0. The van der Waals surface area contributed by atoms with Crippen LogP contribution in [0.4, 0.5) is 0 Å². The fourth-order valence-electron chi connectivity index (χ4n) is 6.73. The van der Waals surface area contributed by atoms with Crippen molar-refractivity contribution >= 4 is 84.1 Å². The Morgan fingerprint density at radius 2 is 1.34 bits per heavy atom. The van der Waals surface area contributed by atoms with Crippen LogP contribution in [-0.4, -0.2) is 18.8 Å². The van der Waals surface area contributed by atoms with Gasteiger partial charge in [0.1, 0.15) is 11.3 Å². The summed E-state index contributed by atoms with van der Waals surface area (Å²) >= 11 is 0. The molecule has 4 aromatic carbocycles. The molecule has 0 radical (unpaired) electrons. The maximum atomic E-state index is 14.2. The average Bonchev–Trinajstić information content (AvgIpc) is 2.98. The lowest BCUT2D eigenvalue weighted by atomic mass is 9.95. The van der Waals surface area contributed by atoms with E-state index >= 15 is 0 Å². The zero-order valence-corrected chi connectivity index (χ0v) is 22.8. The Labute approximate surface area is 232 Å². The van der Waals surface area contributed by atoms with Crippen molar-refractivity contribution in [1.29, 1.82) is 0 Å². The number of fused-ring (bicyclic) bond motifs is 7. The molecule has 0 spiro atoms. The van der Waals surface area contributed by atoms with Crippen LogP contribution in [0.3, 0.4) is 0 Å². The van der Waals surface area contributed by atoms with Gasteiger partial charge in [0.05, 0.1) is 16.4 Å². The normalized spacial score (nSPS) is 13.1. The smallest absolute Gasteiger partial charge is 0.264 e. The molecule has 0 atom stereocenters. The molecule has 0 unspecified atom stereocenters. The minimum atomic E-state index is -0.178. The summed E-state index contributed by atoms with van der Waals surface area (Å²) < 4.78 is 3.40. The molecule has 0 aliphatic carbocycles. The van der Waals surface area contributed by atoms with Gasteiger partial charge in [0, 0.05) is 48.8 Å². The number of nitrogens with zero attached hydrogens (tertiary/aromatic N) is 4. The standard InChI is InChI=1S/C35H24N4O2/c1-5-9-21-11-8-13-27-28(21)18(3)36-32-22-14-16-24-31-23(15-17-25(30(22)31)35(41)39(27)32)33-37-26-12-7-10-20(6-2)29(26)19(4)38(33)34(24)40/h5-17H,3H2,1-2,4H3/b9-5-,20-6-. The van der Waals surface area contributed by atoms with E-state index in [2.05, 4.69) is 6.58 Å². The first-order valence-electron chi connectivity index (χ1n) is 13.6. The van der Waals surface area contributed by atoms with E-state index in [0.717, 1.165) is 59.8 Å². The van der Waals surface area contributed by atoms with Crippen LogP contribution in [0.2, 0.25) is 0 Å². The van der Waals surface area contributed by atoms with Crippen LogP contribution in [0.1, 0.15) is 25.1 Å². The number of aromatic nitrogens is 4. The Bertz CT molecular complexity index is 2730. The highest BCUT2D eigenvalue weighted by Gasteiger charge is 2.22. The quantitative estimate of drug-likeness (QED) is 0.208. The molecular formula is C35H24N4O2. The van der Waals surface area contributed by atoms with E-state index in [4.69, 9.17) is 9.97 Å². The lowest BCUT2D eigenvalue weighted by Gasteiger charge is -2.17. The van der Waals surface area contributed by atoms with Gasteiger partial charge in [-0.2, -0.15) is 0 Å². The number of hydrogen-bond acceptors (Lipinski definition) is 4. The van der Waals surface area contributed by atoms with E-state index in [9.17, 15) is 9.59 Å². The van der Waals surface area contributed by atoms with E-state index in [0.29, 0.717) is 27.4 Å². The topological polar surface area (TPSA) is 68.7 Å². The molecule has 0 bridgehead atoms. The Balaban J connectivity index is 1.65. The van der Waals surface area contributed by atoms with Crippen LogP contribution in [0.5, 0.6) is 0 Å². The van der Waals surface area contributed by atoms with Crippen molar-refractivity contribution in [3.8, 4) is 0 Å². The maximum absolute atomic E-state index is 14.2. The SMILES string of the molecule is C=c1nc2c3ccc4c(=O)n5c(C)c6/c(=C\C)cccc6nc5c5ccc(c(=O)n2c2cccc(/C=C\C)c12)c3c45. The monoisotopic (exact) mass is 532 g/mol. The summed E-state index contributed by atoms with van der Waals surface area (Å²) in [6.45, 7) is 10.2. The van der Waals surface area contributed by atoms with Gasteiger partial charge in [0.25, 0.3) is 11.1 Å². The maximum Gasteiger partial charge on any atom is 0.264 e. The van der Waals surface area contributed by atoms with Crippen LogP contribution in [0.15, 0.2) is 76.3 Å². The van der Waals surface area contributed by atoms with E-state index in [1.165, 1.54) is 0 Å². The van der Waals surface area contributed by atoms with Gasteiger partial charge in [0.15, 0.2) is 0 Å². The van der Waals surface area contributed by atoms with Crippen LogP contribution in [-0.2, 0) is 0 Å². The molecule has 41 heavy (non-hydrogen) atoms. The molecule has 8 rings (SSSR count). The van der Waals surface area contributed by atoms with Gasteiger partial charge in [-0.1, -0.05) is 49.1 Å². The summed E-state index contributed by atoms with van der Waals surface area (Å²) in [7, 11) is 0. The number of hydrogen-bond donors (Lipinski definition) is 0. The summed E-state index contributed by atoms with van der Waals surface area (Å²) in [6.07, 6.45) is 6.00. The second-order valence-corrected chi connectivity index (χ2v) is 10.5. The second kappa shape index (κ2) is 8.08. The third-order valence-corrected chi connectivity index (χ3v) is 8.43. The molecule has 0 aliphatic heterocycles. The predicted octanol–water partition coefficient (Wildman–Crippen LogP) is 5.46. The Morgan fingerprint density at radius 1 is 0.707 bits per heavy atom. The van der Waals surface area contributed by atoms with Gasteiger partial charge in [0.2, 0.25) is 0 Å². The van der Waals surface area contributed by atoms with E-state index in [1.54, 1.807) is 8.80 Å². The number of rotatable bonds is 1. The molecule has 6 nitrogen and oxygen atoms in total. The predicted molar refractivity (Wildman–Crippen MR) is 170 cm³/mol. The Hall–Kier alpha value is -5.36. The van der Waals surface area contributed by atoms with Gasteiger partial charge in [-0.05, 0) is 68.0 Å². The highest BCUT2D eigenvalue weighted by atomic mass is 16.1. The van der Waals surface area contributed by atoms with Crippen molar-refractivity contribution < 1.29 is 0 Å². The molecule has 0 aliphatic rings. The summed E-state index contributed by atoms with van der Waals surface area (Å²) in [5, 5.41) is 7.61. The van der Waals surface area contributed by atoms with Crippen molar-refractivity contribution in [2.75, 3.05) is 0 Å². The lowest BCUT2D eigenvalue weighted by Crippen LogP contribution is -2.23. The van der Waals surface area contributed by atoms with Crippen molar-refractivity contribution in [2.45, 2.75) is 20.8 Å². The Kier molecular flexibility index (Phi) is 4.64. The summed E-state index contributed by atoms with van der Waals surface area (Å²) in [6, 6.07) is 19.4. The molecule has 0 amide bonds. The van der Waals surface area contributed by atoms with Gasteiger partial charge < -0.3 is 0 Å². The van der Waals surface area contributed by atoms with Gasteiger partial charge >= 0.3 is 0 Å². The zero-order valence-electron chi connectivity index (χ0n) is 22.8. The first-order valence-corrected chi connectivity index (χ1v) is 13.6. The van der Waals surface area contributed by atoms with Crippen LogP contribution in [0.25, 0.3) is 84.1 Å². The fourth-order valence-corrected chi connectivity index (χ4v) is 6.73. The number of aryl methyl sites for hydroxylation is 1. The van der Waals surface area contributed by atoms with Crippen molar-refractivity contribution in [2.24, 2.45) is 0 Å². The fraction of sp³-hybridized carbons (Fsp3) is 0.0857. The molecule has 0 saturated carbocycles. The number of pyridine rings is 2. The first-order chi connectivity index (χ1) is 19.9. The first kappa shape index (κ1) is 23.5. The third-order valence-electron chi connectivity index (χ3n) is 8.43. The number of benzene rings is 4. The molecule has 4 aromatic heterocycles. The van der Waals surface area contributed by atoms with Crippen molar-refractivity contribution in [3.63, 3.8) is 0 Å². The molecule has 196 valence electrons. The highest BCUT2D eigenvalue weighted by molar-refractivity contribution is 6.27. The van der Waals surface area contributed by atoms with E-state index in [-0.39, 0.29) is 11.1 Å². The van der Waals surface area contributed by atoms with Crippen molar-refractivity contribution in [3.05, 3.63) is 109 Å². The molecule has 0 fully saturated rings. The van der Waals surface area contributed by atoms with Crippen LogP contribution < -0.4 is 21.7 Å². The summed E-state index contributed by atoms with van der Waals surface area (Å²) in [4.78, 5) is 38.2. The third kappa shape index (κ3) is 2.86. The van der Waals surface area contributed by atoms with Crippen LogP contribution in [0, 0.1) is 6.92 Å².